The summed E-state index contributed by atoms with van der Waals surface area (Å²) in [6.45, 7) is 7.30. The zero-order chi connectivity index (χ0) is 12.1. The maximum Gasteiger partial charge on any atom is 0.0195 e. The average molecular weight is 238 g/mol. The van der Waals surface area contributed by atoms with Crippen molar-refractivity contribution in [2.24, 2.45) is 0 Å². The first-order valence-corrected chi connectivity index (χ1v) is 7.76. The average Bonchev–Trinajstić information content (AvgIpc) is 2.38. The predicted molar refractivity (Wildman–Crippen MR) is 74.4 cm³/mol. The van der Waals surface area contributed by atoms with Crippen LogP contribution in [-0.2, 0) is 0 Å². The molecule has 0 spiro atoms. The fraction of sp³-hybridized carbons (Fsp3) is 1.00. The van der Waals surface area contributed by atoms with Crippen molar-refractivity contribution in [3.63, 3.8) is 0 Å². The molecule has 0 aromatic heterocycles. The van der Waals surface area contributed by atoms with E-state index in [0.717, 1.165) is 12.1 Å². The maximum atomic E-state index is 3.80. The van der Waals surface area contributed by atoms with Crippen molar-refractivity contribution in [2.45, 2.75) is 83.3 Å². The lowest BCUT2D eigenvalue weighted by atomic mass is 9.95. The molecule has 17 heavy (non-hydrogen) atoms. The second-order valence-corrected chi connectivity index (χ2v) is 6.17. The third kappa shape index (κ3) is 3.96. The van der Waals surface area contributed by atoms with Gasteiger partial charge in [0.15, 0.2) is 0 Å². The Morgan fingerprint density at radius 3 is 2.47 bits per heavy atom. The standard InChI is InChI=1S/C15H30N2/c1-13-8-6-7-11-17(13)14(2)12-16-15-9-4-3-5-10-15/h13-16H,3-12H2,1-2H3. The Morgan fingerprint density at radius 1 is 1.06 bits per heavy atom. The number of nitrogens with zero attached hydrogens (tertiary/aromatic N) is 1. The molecule has 1 saturated heterocycles. The Hall–Kier alpha value is -0.0800. The van der Waals surface area contributed by atoms with Gasteiger partial charge in [0.1, 0.15) is 0 Å². The first-order valence-electron chi connectivity index (χ1n) is 7.76. The molecule has 2 heteroatoms. The van der Waals surface area contributed by atoms with Gasteiger partial charge in [-0.3, -0.25) is 4.90 Å². The monoisotopic (exact) mass is 238 g/mol. The third-order valence-electron chi connectivity index (χ3n) is 4.73. The number of hydrogen-bond acceptors (Lipinski definition) is 2. The quantitative estimate of drug-likeness (QED) is 0.809. The van der Waals surface area contributed by atoms with Crippen LogP contribution < -0.4 is 5.32 Å². The lowest BCUT2D eigenvalue weighted by Gasteiger charge is -2.39. The summed E-state index contributed by atoms with van der Waals surface area (Å²) in [5.74, 6) is 0. The SMILES string of the molecule is CC1CCCCN1C(C)CNC1CCCCC1. The summed E-state index contributed by atoms with van der Waals surface area (Å²) < 4.78 is 0. The van der Waals surface area contributed by atoms with Crippen LogP contribution in [0.15, 0.2) is 0 Å². The third-order valence-corrected chi connectivity index (χ3v) is 4.73. The largest absolute Gasteiger partial charge is 0.312 e. The van der Waals surface area contributed by atoms with Crippen molar-refractivity contribution >= 4 is 0 Å². The van der Waals surface area contributed by atoms with E-state index in [1.165, 1.54) is 64.5 Å². The summed E-state index contributed by atoms with van der Waals surface area (Å²) in [5.41, 5.74) is 0. The van der Waals surface area contributed by atoms with Crippen LogP contribution in [0.4, 0.5) is 0 Å². The van der Waals surface area contributed by atoms with Crippen LogP contribution in [0, 0.1) is 0 Å². The molecule has 2 aliphatic rings. The Kier molecular flexibility index (Phi) is 5.30. The highest BCUT2D eigenvalue weighted by atomic mass is 15.2. The second-order valence-electron chi connectivity index (χ2n) is 6.17. The van der Waals surface area contributed by atoms with Gasteiger partial charge in [-0.15, -0.1) is 0 Å². The van der Waals surface area contributed by atoms with Gasteiger partial charge >= 0.3 is 0 Å². The summed E-state index contributed by atoms with van der Waals surface area (Å²) in [4.78, 5) is 2.71. The lowest BCUT2D eigenvalue weighted by Crippen LogP contribution is -2.49. The second kappa shape index (κ2) is 6.75. The molecule has 1 aliphatic carbocycles. The van der Waals surface area contributed by atoms with Gasteiger partial charge in [0.25, 0.3) is 0 Å². The number of piperidine rings is 1. The van der Waals surface area contributed by atoms with E-state index in [2.05, 4.69) is 24.1 Å². The van der Waals surface area contributed by atoms with E-state index in [1.807, 2.05) is 0 Å². The number of rotatable bonds is 4. The minimum Gasteiger partial charge on any atom is -0.312 e. The number of hydrogen-bond donors (Lipinski definition) is 1. The minimum atomic E-state index is 0.715. The van der Waals surface area contributed by atoms with E-state index in [0.29, 0.717) is 6.04 Å². The van der Waals surface area contributed by atoms with Crippen molar-refractivity contribution in [1.82, 2.24) is 10.2 Å². The lowest BCUT2D eigenvalue weighted by molar-refractivity contribution is 0.110. The molecule has 0 aromatic rings. The molecule has 1 aliphatic heterocycles. The molecule has 2 rings (SSSR count). The Labute approximate surface area is 107 Å². The van der Waals surface area contributed by atoms with Gasteiger partial charge in [-0.2, -0.15) is 0 Å². The van der Waals surface area contributed by atoms with E-state index in [9.17, 15) is 0 Å². The fourth-order valence-electron chi connectivity index (χ4n) is 3.54. The van der Waals surface area contributed by atoms with E-state index in [1.54, 1.807) is 0 Å². The molecule has 0 radical (unpaired) electrons. The summed E-state index contributed by atoms with van der Waals surface area (Å²) in [6.07, 6.45) is 11.4. The molecule has 2 unspecified atom stereocenters. The molecular weight excluding hydrogens is 208 g/mol. The Morgan fingerprint density at radius 2 is 1.76 bits per heavy atom. The van der Waals surface area contributed by atoms with Crippen molar-refractivity contribution in [3.8, 4) is 0 Å². The molecule has 1 N–H and O–H groups in total. The number of nitrogens with one attached hydrogen (secondary N) is 1. The topological polar surface area (TPSA) is 15.3 Å². The molecule has 0 bridgehead atoms. The first-order chi connectivity index (χ1) is 8.27. The molecular formula is C15H30N2. The first kappa shape index (κ1) is 13.4. The molecule has 2 fully saturated rings. The van der Waals surface area contributed by atoms with E-state index < -0.39 is 0 Å². The molecule has 0 aromatic carbocycles. The zero-order valence-electron chi connectivity index (χ0n) is 11.8. The summed E-state index contributed by atoms with van der Waals surface area (Å²) in [7, 11) is 0. The number of likely N-dealkylation sites (tertiary alicyclic amines) is 1. The molecule has 1 heterocycles. The van der Waals surface area contributed by atoms with Gasteiger partial charge < -0.3 is 5.32 Å². The van der Waals surface area contributed by atoms with Crippen LogP contribution in [0.3, 0.4) is 0 Å². The van der Waals surface area contributed by atoms with Crippen LogP contribution in [0.1, 0.15) is 65.2 Å². The normalized spacial score (nSPS) is 30.4. The minimum absolute atomic E-state index is 0.715. The predicted octanol–water partition coefficient (Wildman–Crippen LogP) is 3.17. The highest BCUT2D eigenvalue weighted by molar-refractivity contribution is 4.81. The van der Waals surface area contributed by atoms with Crippen molar-refractivity contribution < 1.29 is 0 Å². The van der Waals surface area contributed by atoms with Gasteiger partial charge in [0.2, 0.25) is 0 Å². The van der Waals surface area contributed by atoms with E-state index in [4.69, 9.17) is 0 Å². The van der Waals surface area contributed by atoms with Crippen LogP contribution >= 0.6 is 0 Å². The maximum absolute atomic E-state index is 3.80. The van der Waals surface area contributed by atoms with Gasteiger partial charge in [0.05, 0.1) is 0 Å². The summed E-state index contributed by atoms with van der Waals surface area (Å²) in [5, 5.41) is 3.80. The molecule has 2 nitrogen and oxygen atoms in total. The summed E-state index contributed by atoms with van der Waals surface area (Å²) in [6, 6.07) is 2.32. The molecule has 100 valence electrons. The Bertz CT molecular complexity index is 211. The Balaban J connectivity index is 1.70. The molecule has 0 amide bonds. The van der Waals surface area contributed by atoms with Crippen LogP contribution in [-0.4, -0.2) is 36.1 Å². The summed E-state index contributed by atoms with van der Waals surface area (Å²) >= 11 is 0. The van der Waals surface area contributed by atoms with Crippen LogP contribution in [0.2, 0.25) is 0 Å². The molecule has 1 saturated carbocycles. The van der Waals surface area contributed by atoms with E-state index >= 15 is 0 Å². The zero-order valence-corrected chi connectivity index (χ0v) is 11.8. The van der Waals surface area contributed by atoms with Gasteiger partial charge in [-0.1, -0.05) is 25.7 Å². The van der Waals surface area contributed by atoms with Crippen LogP contribution in [0.5, 0.6) is 0 Å². The van der Waals surface area contributed by atoms with Gasteiger partial charge in [-0.05, 0) is 46.1 Å². The van der Waals surface area contributed by atoms with Crippen molar-refractivity contribution in [2.75, 3.05) is 13.1 Å². The smallest absolute Gasteiger partial charge is 0.0195 e. The van der Waals surface area contributed by atoms with Crippen molar-refractivity contribution in [3.05, 3.63) is 0 Å². The van der Waals surface area contributed by atoms with Gasteiger partial charge in [-0.25, -0.2) is 0 Å². The van der Waals surface area contributed by atoms with Crippen LogP contribution in [0.25, 0.3) is 0 Å². The van der Waals surface area contributed by atoms with Gasteiger partial charge in [0, 0.05) is 24.7 Å². The molecule has 2 atom stereocenters. The van der Waals surface area contributed by atoms with Crippen molar-refractivity contribution in [1.29, 1.82) is 0 Å². The highest BCUT2D eigenvalue weighted by Gasteiger charge is 2.23. The van der Waals surface area contributed by atoms with E-state index in [-0.39, 0.29) is 0 Å². The fourth-order valence-corrected chi connectivity index (χ4v) is 3.54. The highest BCUT2D eigenvalue weighted by Crippen LogP contribution is 2.20.